The van der Waals surface area contributed by atoms with Crippen LogP contribution in [-0.2, 0) is 16.5 Å². The molecule has 0 fully saturated rings. The van der Waals surface area contributed by atoms with Gasteiger partial charge in [-0.15, -0.1) is 0 Å². The molecule has 0 saturated carbocycles. The Hall–Kier alpha value is -0.390. The second-order valence-corrected chi connectivity index (χ2v) is 6.80. The van der Waals surface area contributed by atoms with Crippen LogP contribution in [0.1, 0.15) is 44.6 Å². The zero-order valence-electron chi connectivity index (χ0n) is 13.3. The van der Waals surface area contributed by atoms with Gasteiger partial charge in [0.05, 0.1) is 4.90 Å². The molecule has 0 aliphatic carbocycles. The van der Waals surface area contributed by atoms with Gasteiger partial charge in [0.1, 0.15) is 10.1 Å². The summed E-state index contributed by atoms with van der Waals surface area (Å²) in [6.45, 7) is 2.18. The molecule has 2 aromatic carbocycles. The zero-order valence-corrected chi connectivity index (χ0v) is 16.2. The molecule has 2 rings (SSSR count). The first-order valence-corrected chi connectivity index (χ1v) is 8.91. The Morgan fingerprint density at radius 1 is 1.00 bits per heavy atom. The van der Waals surface area contributed by atoms with E-state index in [1.165, 1.54) is 25.3 Å². The van der Waals surface area contributed by atoms with E-state index in [2.05, 4.69) is 6.92 Å². The Morgan fingerprint density at radius 2 is 1.68 bits per heavy atom. The molecule has 0 spiro atoms. The van der Waals surface area contributed by atoms with Gasteiger partial charge < -0.3 is 4.55 Å². The van der Waals surface area contributed by atoms with Crippen molar-refractivity contribution in [2.24, 2.45) is 0 Å². The van der Waals surface area contributed by atoms with Gasteiger partial charge in [-0.2, -0.15) is 0 Å². The number of rotatable bonds is 7. The molecule has 22 heavy (non-hydrogen) atoms. The van der Waals surface area contributed by atoms with Crippen LogP contribution in [0.4, 0.5) is 0 Å². The summed E-state index contributed by atoms with van der Waals surface area (Å²) in [6.07, 6.45) is 6.60. The molecule has 114 valence electrons. The van der Waals surface area contributed by atoms with E-state index in [4.69, 9.17) is 0 Å². The molecule has 0 bridgehead atoms. The van der Waals surface area contributed by atoms with Crippen molar-refractivity contribution in [3.8, 4) is 0 Å². The van der Waals surface area contributed by atoms with Crippen molar-refractivity contribution >= 4 is 20.9 Å². The molecule has 0 amide bonds. The minimum Gasteiger partial charge on any atom is -0.744 e. The smallest absolute Gasteiger partial charge is 0.744 e. The van der Waals surface area contributed by atoms with Crippen LogP contribution in [0.25, 0.3) is 10.8 Å². The van der Waals surface area contributed by atoms with Crippen molar-refractivity contribution in [3.63, 3.8) is 0 Å². The van der Waals surface area contributed by atoms with Gasteiger partial charge in [-0.3, -0.25) is 0 Å². The first-order valence-electron chi connectivity index (χ1n) is 7.50. The number of hydrogen-bond acceptors (Lipinski definition) is 3. The summed E-state index contributed by atoms with van der Waals surface area (Å²) < 4.78 is 33.9. The third kappa shape index (κ3) is 5.36. The number of aryl methyl sites for hydroxylation is 1. The van der Waals surface area contributed by atoms with E-state index in [0.29, 0.717) is 0 Å². The third-order valence-corrected chi connectivity index (χ3v) is 4.57. The maximum atomic E-state index is 11.3. The van der Waals surface area contributed by atoms with Crippen molar-refractivity contribution in [2.45, 2.75) is 50.3 Å². The van der Waals surface area contributed by atoms with Gasteiger partial charge in [0.25, 0.3) is 0 Å². The van der Waals surface area contributed by atoms with Crippen LogP contribution in [0.5, 0.6) is 0 Å². The predicted octanol–water partition coefficient (Wildman–Crippen LogP) is 1.26. The Bertz CT molecular complexity index is 711. The molecule has 3 nitrogen and oxygen atoms in total. The van der Waals surface area contributed by atoms with Gasteiger partial charge in [-0.1, -0.05) is 56.9 Å². The molecule has 0 aromatic heterocycles. The van der Waals surface area contributed by atoms with E-state index in [1.54, 1.807) is 6.07 Å². The standard InChI is InChI=1S/C17H22O3S.Na/c1-2-3-4-5-6-9-14-12-16(21(18,19)20)13-15-10-7-8-11-17(14)15;/h7-8,10-13H,2-6,9H2,1H3,(H,18,19,20);/q;+1/p-1. The van der Waals surface area contributed by atoms with Crippen molar-refractivity contribution in [3.05, 3.63) is 42.0 Å². The number of hydrogen-bond donors (Lipinski definition) is 0. The van der Waals surface area contributed by atoms with Crippen LogP contribution in [0, 0.1) is 0 Å². The third-order valence-electron chi connectivity index (χ3n) is 3.76. The van der Waals surface area contributed by atoms with Crippen LogP contribution in [0.3, 0.4) is 0 Å². The van der Waals surface area contributed by atoms with Crippen molar-refractivity contribution in [1.29, 1.82) is 0 Å². The summed E-state index contributed by atoms with van der Waals surface area (Å²) >= 11 is 0. The SMILES string of the molecule is CCCCCCCc1cc(S(=O)(=O)[O-])cc2ccccc12.[Na+]. The van der Waals surface area contributed by atoms with Gasteiger partial charge in [0.2, 0.25) is 0 Å². The summed E-state index contributed by atoms with van der Waals surface area (Å²) in [4.78, 5) is -0.121. The molecule has 0 aliphatic heterocycles. The quantitative estimate of drug-likeness (QED) is 0.437. The molecule has 0 N–H and O–H groups in total. The molecular weight excluding hydrogens is 307 g/mol. The minimum atomic E-state index is -4.41. The van der Waals surface area contributed by atoms with Crippen molar-refractivity contribution in [2.75, 3.05) is 0 Å². The van der Waals surface area contributed by atoms with E-state index in [9.17, 15) is 13.0 Å². The topological polar surface area (TPSA) is 57.2 Å². The van der Waals surface area contributed by atoms with Gasteiger partial charge in [0, 0.05) is 0 Å². The van der Waals surface area contributed by atoms with Crippen molar-refractivity contribution < 1.29 is 42.5 Å². The van der Waals surface area contributed by atoms with Gasteiger partial charge in [0.15, 0.2) is 0 Å². The second-order valence-electron chi connectivity index (χ2n) is 5.42. The predicted molar refractivity (Wildman–Crippen MR) is 84.4 cm³/mol. The van der Waals surface area contributed by atoms with E-state index >= 15 is 0 Å². The maximum absolute atomic E-state index is 11.3. The van der Waals surface area contributed by atoms with Gasteiger partial charge in [-0.05, 0) is 41.3 Å². The van der Waals surface area contributed by atoms with Crippen molar-refractivity contribution in [1.82, 2.24) is 0 Å². The average molecular weight is 328 g/mol. The van der Waals surface area contributed by atoms with Crippen LogP contribution < -0.4 is 29.6 Å². The Morgan fingerprint density at radius 3 is 2.36 bits per heavy atom. The van der Waals surface area contributed by atoms with Crippen LogP contribution in [0.15, 0.2) is 41.3 Å². The zero-order chi connectivity index (χ0) is 15.3. The minimum absolute atomic E-state index is 0. The maximum Gasteiger partial charge on any atom is 1.00 e. The van der Waals surface area contributed by atoms with Crippen LogP contribution in [0.2, 0.25) is 0 Å². The normalized spacial score (nSPS) is 11.4. The summed E-state index contributed by atoms with van der Waals surface area (Å²) in [5.41, 5.74) is 0.957. The number of fused-ring (bicyclic) bond motifs is 1. The van der Waals surface area contributed by atoms with Gasteiger partial charge >= 0.3 is 29.6 Å². The summed E-state index contributed by atoms with van der Waals surface area (Å²) in [7, 11) is -4.41. The molecule has 5 heteroatoms. The second kappa shape index (κ2) is 9.04. The Labute approximate surface area is 155 Å². The first kappa shape index (κ1) is 19.7. The average Bonchev–Trinajstić information content (AvgIpc) is 2.45. The van der Waals surface area contributed by atoms with E-state index in [1.807, 2.05) is 24.3 Å². The van der Waals surface area contributed by atoms with E-state index in [-0.39, 0.29) is 34.5 Å². The largest absolute Gasteiger partial charge is 1.00 e. The molecule has 0 unspecified atom stereocenters. The summed E-state index contributed by atoms with van der Waals surface area (Å²) in [5, 5.41) is 1.86. The Balaban J connectivity index is 0.00000242. The fourth-order valence-electron chi connectivity index (χ4n) is 2.63. The first-order chi connectivity index (χ1) is 10.0. The summed E-state index contributed by atoms with van der Waals surface area (Å²) in [6, 6.07) is 10.6. The molecular formula is C17H21NaO3S. The summed E-state index contributed by atoms with van der Waals surface area (Å²) in [5.74, 6) is 0. The molecule has 0 aliphatic rings. The fraction of sp³-hybridized carbons (Fsp3) is 0.412. The van der Waals surface area contributed by atoms with Crippen LogP contribution in [-0.4, -0.2) is 13.0 Å². The molecule has 0 radical (unpaired) electrons. The molecule has 2 aromatic rings. The number of unbranched alkanes of at least 4 members (excludes halogenated alkanes) is 4. The molecule has 0 saturated heterocycles. The van der Waals surface area contributed by atoms with E-state index in [0.717, 1.165) is 35.6 Å². The van der Waals surface area contributed by atoms with E-state index < -0.39 is 10.1 Å². The van der Waals surface area contributed by atoms with Gasteiger partial charge in [-0.25, -0.2) is 8.42 Å². The molecule has 0 atom stereocenters. The van der Waals surface area contributed by atoms with Crippen LogP contribution >= 0.6 is 0 Å². The Kier molecular flexibility index (Phi) is 8.08. The fourth-order valence-corrected chi connectivity index (χ4v) is 3.19. The molecule has 0 heterocycles. The number of benzene rings is 2. The monoisotopic (exact) mass is 328 g/mol.